The van der Waals surface area contributed by atoms with Gasteiger partial charge >= 0.3 is 6.18 Å². The fourth-order valence-electron chi connectivity index (χ4n) is 1.31. The normalized spacial score (nSPS) is 11.3. The van der Waals surface area contributed by atoms with Gasteiger partial charge in [-0.2, -0.15) is 13.2 Å². The maximum atomic E-state index is 12.5. The standard InChI is InChI=1S/C11H7F3IN3/c12-11(13,14)7-2-1-3-8(4-7)18-10-9(15)5-16-6-17-10/h1-6H,(H,16,17,18). The van der Waals surface area contributed by atoms with E-state index in [1.807, 2.05) is 22.6 Å². The fourth-order valence-corrected chi connectivity index (χ4v) is 1.75. The summed E-state index contributed by atoms with van der Waals surface area (Å²) in [6.45, 7) is 0. The van der Waals surface area contributed by atoms with Crippen LogP contribution in [0, 0.1) is 3.57 Å². The molecule has 0 amide bonds. The second kappa shape index (κ2) is 5.09. The van der Waals surface area contributed by atoms with Crippen molar-refractivity contribution >= 4 is 34.1 Å². The number of benzene rings is 1. The average molecular weight is 365 g/mol. The Kier molecular flexibility index (Phi) is 3.69. The average Bonchev–Trinajstić information content (AvgIpc) is 2.31. The van der Waals surface area contributed by atoms with Crippen molar-refractivity contribution < 1.29 is 13.2 Å². The van der Waals surface area contributed by atoms with Crippen molar-refractivity contribution in [1.82, 2.24) is 9.97 Å². The molecule has 0 aliphatic carbocycles. The molecule has 3 nitrogen and oxygen atoms in total. The van der Waals surface area contributed by atoms with E-state index in [-0.39, 0.29) is 0 Å². The van der Waals surface area contributed by atoms with Crippen molar-refractivity contribution in [2.75, 3.05) is 5.32 Å². The van der Waals surface area contributed by atoms with E-state index in [0.717, 1.165) is 15.7 Å². The zero-order valence-electron chi connectivity index (χ0n) is 8.87. The highest BCUT2D eigenvalue weighted by molar-refractivity contribution is 14.1. The Balaban J connectivity index is 2.28. The van der Waals surface area contributed by atoms with Gasteiger partial charge in [0.25, 0.3) is 0 Å². The van der Waals surface area contributed by atoms with Gasteiger partial charge in [-0.05, 0) is 40.8 Å². The van der Waals surface area contributed by atoms with Gasteiger partial charge in [-0.3, -0.25) is 0 Å². The summed E-state index contributed by atoms with van der Waals surface area (Å²) in [5.41, 5.74) is -0.363. The molecule has 2 aromatic rings. The third-order valence-corrected chi connectivity index (χ3v) is 2.91. The van der Waals surface area contributed by atoms with Crippen LogP contribution < -0.4 is 5.32 Å². The number of hydrogen-bond acceptors (Lipinski definition) is 3. The number of rotatable bonds is 2. The smallest absolute Gasteiger partial charge is 0.339 e. The minimum absolute atomic E-state index is 0.335. The van der Waals surface area contributed by atoms with E-state index in [0.29, 0.717) is 11.5 Å². The molecule has 94 valence electrons. The number of aromatic nitrogens is 2. The van der Waals surface area contributed by atoms with Gasteiger partial charge in [0.2, 0.25) is 0 Å². The molecule has 1 heterocycles. The Bertz CT molecular complexity index is 557. The Morgan fingerprint density at radius 2 is 2.00 bits per heavy atom. The topological polar surface area (TPSA) is 37.8 Å². The number of hydrogen-bond donors (Lipinski definition) is 1. The maximum absolute atomic E-state index is 12.5. The lowest BCUT2D eigenvalue weighted by Gasteiger charge is -2.10. The largest absolute Gasteiger partial charge is 0.416 e. The number of nitrogens with one attached hydrogen (secondary N) is 1. The van der Waals surface area contributed by atoms with Crippen molar-refractivity contribution in [1.29, 1.82) is 0 Å². The summed E-state index contributed by atoms with van der Waals surface area (Å²) >= 11 is 2.00. The third-order valence-electron chi connectivity index (χ3n) is 2.12. The van der Waals surface area contributed by atoms with E-state index in [9.17, 15) is 13.2 Å². The summed E-state index contributed by atoms with van der Waals surface area (Å²) in [6.07, 6.45) is -1.45. The Morgan fingerprint density at radius 3 is 2.67 bits per heavy atom. The van der Waals surface area contributed by atoms with E-state index in [1.165, 1.54) is 12.4 Å². The molecule has 1 N–H and O–H groups in total. The summed E-state index contributed by atoms with van der Waals surface area (Å²) < 4.78 is 38.3. The number of halogens is 4. The lowest BCUT2D eigenvalue weighted by molar-refractivity contribution is -0.137. The molecule has 0 bridgehead atoms. The highest BCUT2D eigenvalue weighted by Gasteiger charge is 2.30. The van der Waals surface area contributed by atoms with Gasteiger partial charge in [0, 0.05) is 11.9 Å². The molecule has 0 aliphatic heterocycles. The Morgan fingerprint density at radius 1 is 1.22 bits per heavy atom. The van der Waals surface area contributed by atoms with E-state index in [4.69, 9.17) is 0 Å². The molecular formula is C11H7F3IN3. The van der Waals surface area contributed by atoms with Gasteiger partial charge in [-0.1, -0.05) is 6.07 Å². The van der Waals surface area contributed by atoms with Crippen LogP contribution in [0.3, 0.4) is 0 Å². The summed E-state index contributed by atoms with van der Waals surface area (Å²) in [6, 6.07) is 4.96. The molecule has 0 spiro atoms. The van der Waals surface area contributed by atoms with Gasteiger partial charge in [0.05, 0.1) is 9.13 Å². The van der Waals surface area contributed by atoms with Crippen LogP contribution in [0.5, 0.6) is 0 Å². The molecule has 0 atom stereocenters. The number of anilines is 2. The quantitative estimate of drug-likeness (QED) is 0.822. The fraction of sp³-hybridized carbons (Fsp3) is 0.0909. The molecule has 0 unspecified atom stereocenters. The molecule has 0 aliphatic rings. The first-order valence-corrected chi connectivity index (χ1v) is 5.94. The first-order valence-electron chi connectivity index (χ1n) is 4.86. The van der Waals surface area contributed by atoms with Crippen LogP contribution in [-0.2, 0) is 6.18 Å². The van der Waals surface area contributed by atoms with Crippen LogP contribution in [0.1, 0.15) is 5.56 Å². The van der Waals surface area contributed by atoms with Crippen LogP contribution in [-0.4, -0.2) is 9.97 Å². The van der Waals surface area contributed by atoms with Crippen molar-refractivity contribution in [3.05, 3.63) is 45.9 Å². The monoisotopic (exact) mass is 365 g/mol. The van der Waals surface area contributed by atoms with Crippen LogP contribution in [0.4, 0.5) is 24.7 Å². The first-order chi connectivity index (χ1) is 8.47. The van der Waals surface area contributed by atoms with E-state index in [1.54, 1.807) is 12.3 Å². The minimum atomic E-state index is -4.35. The summed E-state index contributed by atoms with van der Waals surface area (Å²) in [5, 5.41) is 2.83. The number of alkyl halides is 3. The molecular weight excluding hydrogens is 358 g/mol. The summed E-state index contributed by atoms with van der Waals surface area (Å²) in [7, 11) is 0. The molecule has 0 fully saturated rings. The zero-order valence-corrected chi connectivity index (χ0v) is 11.0. The van der Waals surface area contributed by atoms with Gasteiger partial charge in [-0.15, -0.1) is 0 Å². The lowest BCUT2D eigenvalue weighted by Crippen LogP contribution is -2.05. The van der Waals surface area contributed by atoms with Crippen LogP contribution >= 0.6 is 22.6 Å². The molecule has 0 saturated heterocycles. The molecule has 1 aromatic heterocycles. The predicted molar refractivity (Wildman–Crippen MR) is 69.5 cm³/mol. The predicted octanol–water partition coefficient (Wildman–Crippen LogP) is 3.84. The highest BCUT2D eigenvalue weighted by atomic mass is 127. The van der Waals surface area contributed by atoms with E-state index in [2.05, 4.69) is 15.3 Å². The summed E-state index contributed by atoms with van der Waals surface area (Å²) in [5.74, 6) is 0.477. The second-order valence-corrected chi connectivity index (χ2v) is 4.59. The van der Waals surface area contributed by atoms with Crippen LogP contribution in [0.15, 0.2) is 36.8 Å². The second-order valence-electron chi connectivity index (χ2n) is 3.42. The van der Waals surface area contributed by atoms with Crippen LogP contribution in [0.25, 0.3) is 0 Å². The SMILES string of the molecule is FC(F)(F)c1cccc(Nc2ncncc2I)c1. The van der Waals surface area contributed by atoms with Gasteiger partial charge in [-0.25, -0.2) is 9.97 Å². The molecule has 18 heavy (non-hydrogen) atoms. The van der Waals surface area contributed by atoms with E-state index < -0.39 is 11.7 Å². The van der Waals surface area contributed by atoms with Crippen molar-refractivity contribution in [3.8, 4) is 0 Å². The molecule has 0 saturated carbocycles. The first kappa shape index (κ1) is 13.1. The highest BCUT2D eigenvalue weighted by Crippen LogP contribution is 2.31. The van der Waals surface area contributed by atoms with Crippen LogP contribution in [0.2, 0.25) is 0 Å². The molecule has 1 aromatic carbocycles. The molecule has 0 radical (unpaired) electrons. The Labute approximate surface area is 115 Å². The van der Waals surface area contributed by atoms with Gasteiger partial charge < -0.3 is 5.32 Å². The third kappa shape index (κ3) is 3.09. The van der Waals surface area contributed by atoms with Crippen molar-refractivity contribution in [3.63, 3.8) is 0 Å². The van der Waals surface area contributed by atoms with Crippen molar-refractivity contribution in [2.24, 2.45) is 0 Å². The van der Waals surface area contributed by atoms with E-state index >= 15 is 0 Å². The molecule has 2 rings (SSSR count). The maximum Gasteiger partial charge on any atom is 0.416 e. The number of nitrogens with zero attached hydrogens (tertiary/aromatic N) is 2. The van der Waals surface area contributed by atoms with Gasteiger partial charge in [0.15, 0.2) is 0 Å². The summed E-state index contributed by atoms with van der Waals surface area (Å²) in [4.78, 5) is 7.76. The zero-order chi connectivity index (χ0) is 13.2. The lowest BCUT2D eigenvalue weighted by atomic mass is 10.2. The Hall–Kier alpha value is -1.38. The molecule has 7 heteroatoms. The van der Waals surface area contributed by atoms with Gasteiger partial charge in [0.1, 0.15) is 12.1 Å². The van der Waals surface area contributed by atoms with Crippen molar-refractivity contribution in [2.45, 2.75) is 6.18 Å². The minimum Gasteiger partial charge on any atom is -0.339 e.